The van der Waals surface area contributed by atoms with Crippen molar-refractivity contribution < 1.29 is 19.1 Å². The van der Waals surface area contributed by atoms with E-state index in [1.54, 1.807) is 12.0 Å². The molecule has 3 rings (SSSR count). The van der Waals surface area contributed by atoms with Crippen molar-refractivity contribution in [1.82, 2.24) is 15.1 Å². The van der Waals surface area contributed by atoms with Crippen LogP contribution in [0.1, 0.15) is 25.7 Å². The molecule has 3 amide bonds. The van der Waals surface area contributed by atoms with Gasteiger partial charge in [0.05, 0.1) is 7.11 Å². The first-order valence-electron chi connectivity index (χ1n) is 9.30. The number of nitrogens with zero attached hydrogens (tertiary/aromatic N) is 2. The van der Waals surface area contributed by atoms with Gasteiger partial charge in [-0.05, 0) is 44.4 Å². The van der Waals surface area contributed by atoms with E-state index in [1.165, 1.54) is 4.90 Å². The maximum absolute atomic E-state index is 12.2. The van der Waals surface area contributed by atoms with E-state index in [2.05, 4.69) is 5.32 Å². The fraction of sp³-hybridized carbons (Fsp3) is 0.579. The molecule has 1 unspecified atom stereocenters. The number of rotatable bonds is 10. The van der Waals surface area contributed by atoms with Crippen LogP contribution in [0.25, 0.3) is 0 Å². The lowest BCUT2D eigenvalue weighted by molar-refractivity contribution is -0.128. The molecule has 0 saturated carbocycles. The summed E-state index contributed by atoms with van der Waals surface area (Å²) in [4.78, 5) is 27.5. The van der Waals surface area contributed by atoms with Crippen LogP contribution in [-0.2, 0) is 4.79 Å². The fourth-order valence-electron chi connectivity index (χ4n) is 3.46. The highest BCUT2D eigenvalue weighted by Gasteiger charge is 2.46. The molecule has 0 bridgehead atoms. The van der Waals surface area contributed by atoms with Gasteiger partial charge in [-0.15, -0.1) is 0 Å². The van der Waals surface area contributed by atoms with Crippen LogP contribution >= 0.6 is 0 Å². The van der Waals surface area contributed by atoms with Crippen molar-refractivity contribution in [3.05, 3.63) is 24.3 Å². The average Bonchev–Trinajstić information content (AvgIpc) is 3.23. The molecule has 2 heterocycles. The quantitative estimate of drug-likeness (QED) is 0.509. The van der Waals surface area contributed by atoms with Gasteiger partial charge in [0.1, 0.15) is 24.1 Å². The van der Waals surface area contributed by atoms with Crippen LogP contribution in [0.15, 0.2) is 24.3 Å². The number of hydrogen-bond donors (Lipinski definition) is 1. The van der Waals surface area contributed by atoms with Gasteiger partial charge >= 0.3 is 6.03 Å². The van der Waals surface area contributed by atoms with Gasteiger partial charge in [-0.2, -0.15) is 0 Å². The Morgan fingerprint density at radius 2 is 2.04 bits per heavy atom. The zero-order valence-corrected chi connectivity index (χ0v) is 15.3. The normalized spacial score (nSPS) is 19.2. The lowest BCUT2D eigenvalue weighted by Gasteiger charge is -2.15. The van der Waals surface area contributed by atoms with Crippen molar-refractivity contribution in [3.63, 3.8) is 0 Å². The van der Waals surface area contributed by atoms with Crippen molar-refractivity contribution in [2.75, 3.05) is 39.9 Å². The van der Waals surface area contributed by atoms with E-state index in [9.17, 15) is 9.59 Å². The smallest absolute Gasteiger partial charge is 0.327 e. The fourth-order valence-corrected chi connectivity index (χ4v) is 3.46. The molecule has 26 heavy (non-hydrogen) atoms. The second-order valence-corrected chi connectivity index (χ2v) is 6.61. The lowest BCUT2D eigenvalue weighted by atomic mass is 10.2. The Labute approximate surface area is 154 Å². The van der Waals surface area contributed by atoms with E-state index >= 15 is 0 Å². The van der Waals surface area contributed by atoms with Gasteiger partial charge in [0.15, 0.2) is 0 Å². The van der Waals surface area contributed by atoms with E-state index in [4.69, 9.17) is 9.47 Å². The number of fused-ring (bicyclic) bond motifs is 1. The summed E-state index contributed by atoms with van der Waals surface area (Å²) in [6.07, 6.45) is 3.50. The molecule has 2 saturated heterocycles. The molecule has 2 aliphatic rings. The molecule has 0 aromatic heterocycles. The second-order valence-electron chi connectivity index (χ2n) is 6.61. The van der Waals surface area contributed by atoms with Crippen molar-refractivity contribution in [2.24, 2.45) is 0 Å². The molecule has 0 aliphatic carbocycles. The van der Waals surface area contributed by atoms with Gasteiger partial charge in [0, 0.05) is 25.7 Å². The third-order valence-corrected chi connectivity index (χ3v) is 4.85. The maximum Gasteiger partial charge on any atom is 0.327 e. The van der Waals surface area contributed by atoms with Gasteiger partial charge < -0.3 is 19.7 Å². The van der Waals surface area contributed by atoms with Crippen molar-refractivity contribution in [2.45, 2.75) is 31.7 Å². The molecule has 0 radical (unpaired) electrons. The summed E-state index contributed by atoms with van der Waals surface area (Å²) in [6, 6.07) is 7.25. The summed E-state index contributed by atoms with van der Waals surface area (Å²) in [5.41, 5.74) is 0. The average molecular weight is 361 g/mol. The number of benzene rings is 1. The van der Waals surface area contributed by atoms with Crippen LogP contribution in [0.3, 0.4) is 0 Å². The molecule has 7 nitrogen and oxygen atoms in total. The number of nitrogens with one attached hydrogen (secondary N) is 1. The number of ether oxygens (including phenoxy) is 2. The highest BCUT2D eigenvalue weighted by atomic mass is 16.5. The van der Waals surface area contributed by atoms with Gasteiger partial charge in [-0.25, -0.2) is 4.79 Å². The number of urea groups is 1. The first-order valence-corrected chi connectivity index (χ1v) is 9.30. The topological polar surface area (TPSA) is 71.1 Å². The minimum atomic E-state index is -0.186. The van der Waals surface area contributed by atoms with Crippen molar-refractivity contribution >= 4 is 11.9 Å². The number of hydrogen-bond acceptors (Lipinski definition) is 5. The number of carbonyl (C=O) groups excluding carboxylic acids is 2. The summed E-state index contributed by atoms with van der Waals surface area (Å²) < 4.78 is 10.8. The zero-order chi connectivity index (χ0) is 18.4. The number of amides is 3. The molecule has 0 spiro atoms. The van der Waals surface area contributed by atoms with Gasteiger partial charge in [-0.3, -0.25) is 9.69 Å². The summed E-state index contributed by atoms with van der Waals surface area (Å²) in [6.45, 7) is 3.40. The molecule has 2 fully saturated rings. The van der Waals surface area contributed by atoms with Gasteiger partial charge in [-0.1, -0.05) is 6.07 Å². The van der Waals surface area contributed by atoms with E-state index in [1.807, 2.05) is 24.3 Å². The minimum Gasteiger partial charge on any atom is -0.497 e. The minimum absolute atomic E-state index is 0.00727. The second kappa shape index (κ2) is 8.89. The van der Waals surface area contributed by atoms with E-state index in [0.29, 0.717) is 13.2 Å². The predicted octanol–water partition coefficient (Wildman–Crippen LogP) is 1.87. The number of imide groups is 1. The molecule has 2 aliphatic heterocycles. The van der Waals surface area contributed by atoms with Crippen LogP contribution in [0.5, 0.6) is 11.5 Å². The Morgan fingerprint density at radius 3 is 2.85 bits per heavy atom. The third-order valence-electron chi connectivity index (χ3n) is 4.85. The largest absolute Gasteiger partial charge is 0.497 e. The SMILES string of the molecule is COc1cccc(OCCNCCCCN2C(=O)C3CCCN3C2=O)c1. The van der Waals surface area contributed by atoms with Crippen molar-refractivity contribution in [1.29, 1.82) is 0 Å². The molecule has 1 aromatic carbocycles. The Bertz CT molecular complexity index is 615. The molecule has 1 aromatic rings. The predicted molar refractivity (Wildman–Crippen MR) is 97.4 cm³/mol. The summed E-state index contributed by atoms with van der Waals surface area (Å²) >= 11 is 0. The van der Waals surface area contributed by atoms with E-state index in [0.717, 1.165) is 56.8 Å². The number of unbranched alkanes of at least 4 members (excludes halogenated alkanes) is 1. The van der Waals surface area contributed by atoms with Crippen LogP contribution < -0.4 is 14.8 Å². The zero-order valence-electron chi connectivity index (χ0n) is 15.3. The third kappa shape index (κ3) is 4.27. The Balaban J connectivity index is 1.25. The number of carbonyl (C=O) groups is 2. The lowest BCUT2D eigenvalue weighted by Crippen LogP contribution is -2.34. The highest BCUT2D eigenvalue weighted by Crippen LogP contribution is 2.27. The van der Waals surface area contributed by atoms with Gasteiger partial charge in [0.25, 0.3) is 5.91 Å². The van der Waals surface area contributed by atoms with Crippen molar-refractivity contribution in [3.8, 4) is 11.5 Å². The molecule has 142 valence electrons. The molecular weight excluding hydrogens is 334 g/mol. The van der Waals surface area contributed by atoms with E-state index in [-0.39, 0.29) is 18.0 Å². The molecular formula is C19H27N3O4. The summed E-state index contributed by atoms with van der Waals surface area (Å²) in [7, 11) is 1.63. The maximum atomic E-state index is 12.2. The molecule has 1 N–H and O–H groups in total. The molecule has 7 heteroatoms. The highest BCUT2D eigenvalue weighted by molar-refractivity contribution is 6.04. The van der Waals surface area contributed by atoms with Crippen LogP contribution in [-0.4, -0.2) is 67.7 Å². The standard InChI is InChI=1S/C19H27N3O4/c1-25-15-6-4-7-16(14-15)26-13-10-20-9-2-3-11-22-18(23)17-8-5-12-21(17)19(22)24/h4,6-7,14,17,20H,2-3,5,8-13H2,1H3. The van der Waals surface area contributed by atoms with Crippen LogP contribution in [0.4, 0.5) is 4.79 Å². The summed E-state index contributed by atoms with van der Waals surface area (Å²) in [5.74, 6) is 1.56. The Kier molecular flexibility index (Phi) is 6.33. The molecule has 1 atom stereocenters. The first kappa shape index (κ1) is 18.5. The summed E-state index contributed by atoms with van der Waals surface area (Å²) in [5, 5.41) is 3.32. The van der Waals surface area contributed by atoms with E-state index < -0.39 is 0 Å². The first-order chi connectivity index (χ1) is 12.7. The van der Waals surface area contributed by atoms with Gasteiger partial charge in [0.2, 0.25) is 0 Å². The Morgan fingerprint density at radius 1 is 1.19 bits per heavy atom. The Hall–Kier alpha value is -2.28. The number of methoxy groups -OCH3 is 1. The van der Waals surface area contributed by atoms with Crippen LogP contribution in [0, 0.1) is 0 Å². The van der Waals surface area contributed by atoms with Crippen LogP contribution in [0.2, 0.25) is 0 Å². The monoisotopic (exact) mass is 361 g/mol.